The van der Waals surface area contributed by atoms with Gasteiger partial charge in [-0.1, -0.05) is 26.0 Å². The second-order valence-corrected chi connectivity index (χ2v) is 12.1. The second kappa shape index (κ2) is 17.8. The van der Waals surface area contributed by atoms with E-state index in [1.807, 2.05) is 25.1 Å². The fourth-order valence-corrected chi connectivity index (χ4v) is 6.16. The minimum Gasteiger partial charge on any atom is -0.443 e. The molecule has 2 aliphatic carbocycles. The average molecular weight is 655 g/mol. The van der Waals surface area contributed by atoms with Gasteiger partial charge in [0.25, 0.3) is 6.48 Å². The molecule has 12 heteroatoms. The highest BCUT2D eigenvalue weighted by atomic mass is 16.9. The number of methoxy groups -OCH3 is 8. The Labute approximate surface area is 274 Å². The van der Waals surface area contributed by atoms with Gasteiger partial charge in [0.2, 0.25) is 0 Å². The molecule has 2 unspecified atom stereocenters. The van der Waals surface area contributed by atoms with Crippen LogP contribution in [0, 0.1) is 17.8 Å². The third-order valence-electron chi connectivity index (χ3n) is 9.04. The van der Waals surface area contributed by atoms with Crippen molar-refractivity contribution in [3.8, 4) is 11.5 Å². The minimum atomic E-state index is -0.936. The predicted octanol–water partition coefficient (Wildman–Crippen LogP) is 5.70. The molecule has 0 heterocycles. The van der Waals surface area contributed by atoms with Gasteiger partial charge in [0.15, 0.2) is 11.5 Å². The summed E-state index contributed by atoms with van der Waals surface area (Å²) in [4.78, 5) is 0. The zero-order valence-electron chi connectivity index (χ0n) is 29.2. The molecule has 2 atom stereocenters. The molecule has 0 radical (unpaired) electrons. The molecule has 1 saturated carbocycles. The van der Waals surface area contributed by atoms with E-state index in [4.69, 9.17) is 56.8 Å². The third kappa shape index (κ3) is 9.42. The van der Waals surface area contributed by atoms with E-state index in [-0.39, 0.29) is 11.3 Å². The molecular formula is C34H54O12. The zero-order chi connectivity index (χ0) is 33.9. The van der Waals surface area contributed by atoms with Gasteiger partial charge in [-0.2, -0.15) is 0 Å². The van der Waals surface area contributed by atoms with Crippen LogP contribution < -0.4 is 9.47 Å². The second-order valence-electron chi connectivity index (χ2n) is 12.1. The smallest absolute Gasteiger partial charge is 0.315 e. The van der Waals surface area contributed by atoms with Crippen molar-refractivity contribution in [2.24, 2.45) is 17.8 Å². The van der Waals surface area contributed by atoms with Gasteiger partial charge in [-0.15, -0.1) is 0 Å². The van der Waals surface area contributed by atoms with Crippen LogP contribution in [-0.4, -0.2) is 88.4 Å². The molecule has 1 aromatic carbocycles. The lowest BCUT2D eigenvalue weighted by Gasteiger charge is -2.42. The first kappa shape index (κ1) is 38.2. The van der Waals surface area contributed by atoms with Crippen molar-refractivity contribution >= 4 is 0 Å². The minimum absolute atomic E-state index is 0.152. The van der Waals surface area contributed by atoms with E-state index in [1.165, 1.54) is 56.9 Å². The molecule has 0 amide bonds. The molecule has 1 fully saturated rings. The topological polar surface area (TPSA) is 111 Å². The quantitative estimate of drug-likeness (QED) is 0.135. The van der Waals surface area contributed by atoms with E-state index in [2.05, 4.69) is 32.1 Å². The molecular weight excluding hydrogens is 600 g/mol. The number of benzene rings is 1. The highest BCUT2D eigenvalue weighted by Crippen LogP contribution is 2.47. The van der Waals surface area contributed by atoms with Crippen molar-refractivity contribution < 1.29 is 56.8 Å². The fourth-order valence-electron chi connectivity index (χ4n) is 6.16. The van der Waals surface area contributed by atoms with Crippen LogP contribution >= 0.6 is 0 Å². The summed E-state index contributed by atoms with van der Waals surface area (Å²) < 4.78 is 66.5. The van der Waals surface area contributed by atoms with Crippen LogP contribution in [-0.2, 0) is 52.8 Å². The summed E-state index contributed by atoms with van der Waals surface area (Å²) in [5.41, 5.74) is 0.0271. The van der Waals surface area contributed by atoms with E-state index in [0.29, 0.717) is 29.1 Å². The fraction of sp³-hybridized carbons (Fsp3) is 0.706. The van der Waals surface area contributed by atoms with Gasteiger partial charge >= 0.3 is 19.4 Å². The molecule has 12 nitrogen and oxygen atoms in total. The summed E-state index contributed by atoms with van der Waals surface area (Å²) in [6.07, 6.45) is 10.5. The maximum Gasteiger partial charge on any atom is 0.315 e. The zero-order valence-corrected chi connectivity index (χ0v) is 29.2. The van der Waals surface area contributed by atoms with Crippen molar-refractivity contribution in [3.63, 3.8) is 0 Å². The molecule has 0 saturated heterocycles. The maximum absolute atomic E-state index is 6.13. The highest BCUT2D eigenvalue weighted by molar-refractivity contribution is 5.45. The van der Waals surface area contributed by atoms with Crippen LogP contribution in [0.15, 0.2) is 42.2 Å². The molecule has 0 aromatic heterocycles. The monoisotopic (exact) mass is 654 g/mol. The molecule has 2 aliphatic rings. The Morgan fingerprint density at radius 1 is 0.652 bits per heavy atom. The number of rotatable bonds is 19. The molecule has 262 valence electrons. The van der Waals surface area contributed by atoms with Crippen LogP contribution in [0.1, 0.15) is 52.0 Å². The largest absolute Gasteiger partial charge is 0.443 e. The Balaban J connectivity index is 1.79. The lowest BCUT2D eigenvalue weighted by Crippen LogP contribution is -2.41. The summed E-state index contributed by atoms with van der Waals surface area (Å²) in [5.74, 6) is 2.52. The van der Waals surface area contributed by atoms with Gasteiger partial charge in [0, 0.05) is 62.8 Å². The van der Waals surface area contributed by atoms with E-state index >= 15 is 0 Å². The summed E-state index contributed by atoms with van der Waals surface area (Å²) in [7, 11) is 12.1. The standard InChI is InChI=1S/C34H54O12/c1-33(2,25-16-17-26(43-29(35-4)36-5)27(21-25)44-30(37-6)38-7)24-14-12-22(13-15-24)23-18-19-34(3,46-32(41-10)42-11)28(20-23)45-31(39-8)40-9/h16-24,29-32H,12-15H2,1-11H3. The Morgan fingerprint density at radius 3 is 1.67 bits per heavy atom. The first-order chi connectivity index (χ1) is 22.0. The van der Waals surface area contributed by atoms with Gasteiger partial charge < -0.3 is 56.8 Å². The Bertz CT molecular complexity index is 1100. The van der Waals surface area contributed by atoms with Crippen LogP contribution in [0.25, 0.3) is 0 Å². The molecule has 1 aromatic rings. The summed E-state index contributed by atoms with van der Waals surface area (Å²) >= 11 is 0. The Kier molecular flexibility index (Phi) is 14.7. The summed E-state index contributed by atoms with van der Waals surface area (Å²) in [5, 5.41) is 0. The van der Waals surface area contributed by atoms with Crippen LogP contribution in [0.2, 0.25) is 0 Å². The number of hydrogen-bond acceptors (Lipinski definition) is 12. The van der Waals surface area contributed by atoms with Crippen molar-refractivity contribution in [2.75, 3.05) is 56.9 Å². The Morgan fingerprint density at radius 2 is 1.15 bits per heavy atom. The average Bonchev–Trinajstić information content (AvgIpc) is 3.08. The predicted molar refractivity (Wildman–Crippen MR) is 169 cm³/mol. The number of allylic oxidation sites excluding steroid dienone is 2. The van der Waals surface area contributed by atoms with Crippen LogP contribution in [0.3, 0.4) is 0 Å². The first-order valence-electron chi connectivity index (χ1n) is 15.5. The lowest BCUT2D eigenvalue weighted by atomic mass is 9.64. The molecule has 0 bridgehead atoms. The summed E-state index contributed by atoms with van der Waals surface area (Å²) in [6.45, 7) is 2.90. The maximum atomic E-state index is 6.13. The van der Waals surface area contributed by atoms with Crippen molar-refractivity contribution in [2.45, 2.75) is 83.4 Å². The molecule has 3 rings (SSSR count). The van der Waals surface area contributed by atoms with Gasteiger partial charge in [-0.3, -0.25) is 0 Å². The first-order valence-corrected chi connectivity index (χ1v) is 15.5. The van der Waals surface area contributed by atoms with Gasteiger partial charge in [0.05, 0.1) is 0 Å². The molecule has 0 aliphatic heterocycles. The van der Waals surface area contributed by atoms with Crippen molar-refractivity contribution in [1.29, 1.82) is 0 Å². The van der Waals surface area contributed by atoms with Crippen LogP contribution in [0.5, 0.6) is 11.5 Å². The molecule has 46 heavy (non-hydrogen) atoms. The van der Waals surface area contributed by atoms with Gasteiger partial charge in [0.1, 0.15) is 11.4 Å². The van der Waals surface area contributed by atoms with E-state index < -0.39 is 31.5 Å². The van der Waals surface area contributed by atoms with Crippen molar-refractivity contribution in [3.05, 3.63) is 47.7 Å². The van der Waals surface area contributed by atoms with Crippen LogP contribution in [0.4, 0.5) is 0 Å². The van der Waals surface area contributed by atoms with E-state index in [0.717, 1.165) is 31.2 Å². The molecule has 0 N–H and O–H groups in total. The van der Waals surface area contributed by atoms with E-state index in [9.17, 15) is 0 Å². The highest BCUT2D eigenvalue weighted by Gasteiger charge is 2.41. The van der Waals surface area contributed by atoms with Gasteiger partial charge in [-0.25, -0.2) is 0 Å². The Hall–Kier alpha value is -2.26. The number of ether oxygens (including phenoxy) is 12. The third-order valence-corrected chi connectivity index (χ3v) is 9.04. The van der Waals surface area contributed by atoms with E-state index in [1.54, 1.807) is 0 Å². The lowest BCUT2D eigenvalue weighted by molar-refractivity contribution is -0.309. The van der Waals surface area contributed by atoms with Crippen molar-refractivity contribution in [1.82, 2.24) is 0 Å². The normalized spacial score (nSPS) is 23.8. The number of hydrogen-bond donors (Lipinski definition) is 0. The molecule has 0 spiro atoms. The SMILES string of the molecule is COC(OC)OC1=CC(C2CCC(C(C)(C)c3ccc(OC(OC)OC)c(OC(OC)OC)c3)CC2)C=CC1(C)OC(OC)OC. The van der Waals surface area contributed by atoms with Gasteiger partial charge in [-0.05, 0) is 79.7 Å². The summed E-state index contributed by atoms with van der Waals surface area (Å²) in [6, 6.07) is 5.92.